The van der Waals surface area contributed by atoms with Gasteiger partial charge in [0.25, 0.3) is 0 Å². The first-order valence-corrected chi connectivity index (χ1v) is 10.8. The molecule has 1 aromatic heterocycles. The quantitative estimate of drug-likeness (QED) is 0.829. The molecule has 1 N–H and O–H groups in total. The Morgan fingerprint density at radius 1 is 1.14 bits per heavy atom. The van der Waals surface area contributed by atoms with Crippen molar-refractivity contribution < 1.29 is 4.79 Å². The first kappa shape index (κ1) is 19.2. The Kier molecular flexibility index (Phi) is 5.31. The lowest BCUT2D eigenvalue weighted by atomic mass is 9.53. The zero-order valence-electron chi connectivity index (χ0n) is 17.6. The summed E-state index contributed by atoms with van der Waals surface area (Å²) in [5.74, 6) is 1.93. The number of carbonyl (C=O) groups is 1. The summed E-state index contributed by atoms with van der Waals surface area (Å²) in [6, 6.07) is 11.1. The lowest BCUT2D eigenvalue weighted by molar-refractivity contribution is -0.128. The fourth-order valence-electron chi connectivity index (χ4n) is 5.41. The monoisotopic (exact) mass is 379 g/mol. The lowest BCUT2D eigenvalue weighted by Gasteiger charge is -2.55. The van der Waals surface area contributed by atoms with Gasteiger partial charge >= 0.3 is 0 Å². The average Bonchev–Trinajstić information content (AvgIpc) is 2.93. The number of hydrogen-bond acceptors (Lipinski definition) is 2. The number of amides is 1. The maximum absolute atomic E-state index is 13.1. The van der Waals surface area contributed by atoms with Gasteiger partial charge in [0.15, 0.2) is 0 Å². The van der Waals surface area contributed by atoms with Crippen LogP contribution in [0.2, 0.25) is 0 Å². The summed E-state index contributed by atoms with van der Waals surface area (Å²) in [6.45, 7) is 8.88. The molecule has 2 saturated carbocycles. The molecular weight excluding hydrogens is 346 g/mol. The van der Waals surface area contributed by atoms with Crippen LogP contribution in [0.4, 0.5) is 0 Å². The highest BCUT2D eigenvalue weighted by atomic mass is 16.2. The number of nitrogens with zero attached hydrogens (tertiary/aromatic N) is 2. The van der Waals surface area contributed by atoms with Gasteiger partial charge in [-0.25, -0.2) is 0 Å². The largest absolute Gasteiger partial charge is 0.352 e. The Morgan fingerprint density at radius 3 is 2.46 bits per heavy atom. The van der Waals surface area contributed by atoms with Crippen LogP contribution >= 0.6 is 0 Å². The van der Waals surface area contributed by atoms with Crippen LogP contribution in [-0.2, 0) is 11.3 Å². The van der Waals surface area contributed by atoms with Gasteiger partial charge < -0.3 is 5.32 Å². The Balaban J connectivity index is 1.46. The molecule has 0 bridgehead atoms. The minimum atomic E-state index is -0.0866. The predicted molar refractivity (Wildman–Crippen MR) is 112 cm³/mol. The molecule has 1 heterocycles. The minimum absolute atomic E-state index is 0.0866. The zero-order valence-corrected chi connectivity index (χ0v) is 17.6. The van der Waals surface area contributed by atoms with E-state index in [0.29, 0.717) is 18.4 Å². The van der Waals surface area contributed by atoms with E-state index < -0.39 is 0 Å². The molecule has 0 saturated heterocycles. The molecule has 1 amide bonds. The van der Waals surface area contributed by atoms with Crippen LogP contribution in [0.15, 0.2) is 30.3 Å². The van der Waals surface area contributed by atoms with Crippen molar-refractivity contribution in [3.8, 4) is 0 Å². The minimum Gasteiger partial charge on any atom is -0.352 e. The Hall–Kier alpha value is -2.10. The van der Waals surface area contributed by atoms with E-state index in [2.05, 4.69) is 54.6 Å². The van der Waals surface area contributed by atoms with Crippen molar-refractivity contribution in [1.29, 1.82) is 0 Å². The second-order valence-corrected chi connectivity index (χ2v) is 8.96. The topological polar surface area (TPSA) is 46.9 Å². The summed E-state index contributed by atoms with van der Waals surface area (Å²) in [5, 5.41) is 8.06. The van der Waals surface area contributed by atoms with Crippen LogP contribution in [-0.4, -0.2) is 21.7 Å². The molecule has 150 valence electrons. The summed E-state index contributed by atoms with van der Waals surface area (Å²) < 4.78 is 1.99. The highest BCUT2D eigenvalue weighted by Crippen LogP contribution is 2.54. The Labute approximate surface area is 168 Å². The van der Waals surface area contributed by atoms with E-state index in [9.17, 15) is 4.79 Å². The molecule has 2 aliphatic carbocycles. The van der Waals surface area contributed by atoms with E-state index in [-0.39, 0.29) is 17.9 Å². The predicted octanol–water partition coefficient (Wildman–Crippen LogP) is 4.53. The molecule has 0 aliphatic heterocycles. The molecule has 4 heteroatoms. The van der Waals surface area contributed by atoms with Crippen LogP contribution < -0.4 is 5.32 Å². The second kappa shape index (κ2) is 7.73. The molecule has 2 aromatic rings. The summed E-state index contributed by atoms with van der Waals surface area (Å²) >= 11 is 0. The maximum Gasteiger partial charge on any atom is 0.224 e. The number of rotatable bonds is 5. The Morgan fingerprint density at radius 2 is 1.82 bits per heavy atom. The van der Waals surface area contributed by atoms with E-state index in [0.717, 1.165) is 17.3 Å². The first-order chi connectivity index (χ1) is 13.5. The summed E-state index contributed by atoms with van der Waals surface area (Å²) in [6.07, 6.45) is 5.19. The average molecular weight is 380 g/mol. The fourth-order valence-corrected chi connectivity index (χ4v) is 5.41. The summed E-state index contributed by atoms with van der Waals surface area (Å²) in [7, 11) is 0. The molecule has 0 spiro atoms. The van der Waals surface area contributed by atoms with Crippen molar-refractivity contribution >= 4 is 5.91 Å². The van der Waals surface area contributed by atoms with Gasteiger partial charge in [0.05, 0.1) is 18.2 Å². The molecule has 28 heavy (non-hydrogen) atoms. The molecule has 1 aromatic carbocycles. The molecule has 0 radical (unpaired) electrons. The first-order valence-electron chi connectivity index (χ1n) is 10.8. The van der Waals surface area contributed by atoms with Gasteiger partial charge in [-0.1, -0.05) is 50.1 Å². The molecule has 2 aliphatic rings. The van der Waals surface area contributed by atoms with Crippen molar-refractivity contribution in [2.24, 2.45) is 17.8 Å². The zero-order chi connectivity index (χ0) is 19.8. The molecule has 3 unspecified atom stereocenters. The maximum atomic E-state index is 13.1. The van der Waals surface area contributed by atoms with Crippen molar-refractivity contribution in [1.82, 2.24) is 15.1 Å². The SMILES string of the molecule is Cc1nn(CC(C)C(=O)N[C@H]2C3CCCCC3[C@@H]2c2ccccc2)c(C)c1C. The number of carbonyl (C=O) groups excluding carboxylic acids is 1. The van der Waals surface area contributed by atoms with Crippen molar-refractivity contribution in [2.45, 2.75) is 71.9 Å². The van der Waals surface area contributed by atoms with E-state index in [4.69, 9.17) is 0 Å². The number of benzene rings is 1. The molecule has 2 fully saturated rings. The number of hydrogen-bond donors (Lipinski definition) is 1. The molecule has 4 nitrogen and oxygen atoms in total. The van der Waals surface area contributed by atoms with Gasteiger partial charge in [0.2, 0.25) is 5.91 Å². The van der Waals surface area contributed by atoms with Gasteiger partial charge in [-0.05, 0) is 56.6 Å². The number of aromatic nitrogens is 2. The third kappa shape index (κ3) is 3.38. The van der Waals surface area contributed by atoms with Crippen LogP contribution in [0.3, 0.4) is 0 Å². The third-order valence-corrected chi connectivity index (χ3v) is 7.32. The normalized spacial score (nSPS) is 27.6. The number of aryl methyl sites for hydroxylation is 1. The van der Waals surface area contributed by atoms with E-state index in [1.807, 2.05) is 18.5 Å². The second-order valence-electron chi connectivity index (χ2n) is 8.96. The van der Waals surface area contributed by atoms with Crippen LogP contribution in [0, 0.1) is 38.5 Å². The molecule has 5 atom stereocenters. The van der Waals surface area contributed by atoms with Gasteiger partial charge in [0, 0.05) is 17.7 Å². The van der Waals surface area contributed by atoms with Gasteiger partial charge in [-0.15, -0.1) is 0 Å². The van der Waals surface area contributed by atoms with E-state index >= 15 is 0 Å². The summed E-state index contributed by atoms with van der Waals surface area (Å²) in [4.78, 5) is 13.1. The van der Waals surface area contributed by atoms with Crippen molar-refractivity contribution in [2.75, 3.05) is 0 Å². The number of fused-ring (bicyclic) bond motifs is 1. The smallest absolute Gasteiger partial charge is 0.224 e. The van der Waals surface area contributed by atoms with E-state index in [1.165, 1.54) is 36.8 Å². The van der Waals surface area contributed by atoms with Crippen LogP contribution in [0.25, 0.3) is 0 Å². The van der Waals surface area contributed by atoms with Crippen LogP contribution in [0.1, 0.15) is 61.0 Å². The summed E-state index contributed by atoms with van der Waals surface area (Å²) in [5.41, 5.74) is 4.83. The third-order valence-electron chi connectivity index (χ3n) is 7.32. The van der Waals surface area contributed by atoms with Gasteiger partial charge in [-0.2, -0.15) is 5.10 Å². The lowest BCUT2D eigenvalue weighted by Crippen LogP contribution is -2.60. The van der Waals surface area contributed by atoms with Crippen molar-refractivity contribution in [3.63, 3.8) is 0 Å². The fraction of sp³-hybridized carbons (Fsp3) is 0.583. The van der Waals surface area contributed by atoms with Gasteiger partial charge in [0.1, 0.15) is 0 Å². The highest BCUT2D eigenvalue weighted by Gasteiger charge is 2.51. The van der Waals surface area contributed by atoms with E-state index in [1.54, 1.807) is 0 Å². The molecular formula is C24H33N3O. The molecule has 4 rings (SSSR count). The Bertz CT molecular complexity index is 841. The van der Waals surface area contributed by atoms with Crippen LogP contribution in [0.5, 0.6) is 0 Å². The highest BCUT2D eigenvalue weighted by molar-refractivity contribution is 5.79. The standard InChI is InChI=1S/C24H33N3O/c1-15(14-27-18(4)16(2)17(3)26-27)24(28)25-23-21-13-9-8-12-20(21)22(23)19-10-6-5-7-11-19/h5-7,10-11,15,20-23H,8-9,12-14H2,1-4H3,(H,25,28)/t15?,20?,21?,22-,23-/m0/s1. The van der Waals surface area contributed by atoms with Crippen molar-refractivity contribution in [3.05, 3.63) is 52.8 Å². The number of nitrogens with one attached hydrogen (secondary N) is 1. The van der Waals surface area contributed by atoms with Gasteiger partial charge in [-0.3, -0.25) is 9.48 Å².